The topological polar surface area (TPSA) is 49.3 Å². The SMILES string of the molecule is CC(O)CC(C)(NS(=O)C(C)(C)C)c1cccc(Br)c1. The molecule has 2 N–H and O–H groups in total. The fourth-order valence-electron chi connectivity index (χ4n) is 2.00. The van der Waals surface area contributed by atoms with Gasteiger partial charge < -0.3 is 5.11 Å². The summed E-state index contributed by atoms with van der Waals surface area (Å²) in [6.45, 7) is 9.52. The predicted molar refractivity (Wildman–Crippen MR) is 88.8 cm³/mol. The second kappa shape index (κ2) is 6.69. The van der Waals surface area contributed by atoms with Crippen molar-refractivity contribution >= 4 is 26.9 Å². The third-order valence-corrected chi connectivity index (χ3v) is 5.28. The molecular weight excluding hydrogens is 338 g/mol. The van der Waals surface area contributed by atoms with Gasteiger partial charge in [-0.05, 0) is 58.7 Å². The Labute approximate surface area is 132 Å². The van der Waals surface area contributed by atoms with Crippen LogP contribution in [0.4, 0.5) is 0 Å². The molecule has 0 aliphatic carbocycles. The van der Waals surface area contributed by atoms with Crippen LogP contribution < -0.4 is 4.72 Å². The number of benzene rings is 1. The van der Waals surface area contributed by atoms with Crippen LogP contribution in [0.3, 0.4) is 0 Å². The molecule has 0 bridgehead atoms. The zero-order valence-corrected chi connectivity index (χ0v) is 15.1. The summed E-state index contributed by atoms with van der Waals surface area (Å²) in [7, 11) is -1.21. The maximum Gasteiger partial charge on any atom is 0.0978 e. The molecule has 114 valence electrons. The molecule has 3 unspecified atom stereocenters. The Kier molecular flexibility index (Phi) is 5.96. The average molecular weight is 362 g/mol. The van der Waals surface area contributed by atoms with Gasteiger partial charge in [0.25, 0.3) is 0 Å². The second-order valence-corrected chi connectivity index (χ2v) is 9.26. The zero-order chi connectivity index (χ0) is 15.6. The van der Waals surface area contributed by atoms with E-state index in [1.54, 1.807) is 6.92 Å². The van der Waals surface area contributed by atoms with Gasteiger partial charge in [-0.1, -0.05) is 28.1 Å². The highest BCUT2D eigenvalue weighted by Gasteiger charge is 2.33. The van der Waals surface area contributed by atoms with Gasteiger partial charge >= 0.3 is 0 Å². The Morgan fingerprint density at radius 1 is 1.35 bits per heavy atom. The van der Waals surface area contributed by atoms with Crippen LogP contribution in [0.2, 0.25) is 0 Å². The highest BCUT2D eigenvalue weighted by atomic mass is 79.9. The summed E-state index contributed by atoms with van der Waals surface area (Å²) in [6.07, 6.45) is 0.00843. The first kappa shape index (κ1) is 17.8. The molecular formula is C15H24BrNO2S. The van der Waals surface area contributed by atoms with Gasteiger partial charge in [-0.15, -0.1) is 0 Å². The lowest BCUT2D eigenvalue weighted by Gasteiger charge is -2.35. The minimum Gasteiger partial charge on any atom is -0.393 e. The molecule has 20 heavy (non-hydrogen) atoms. The van der Waals surface area contributed by atoms with Crippen molar-refractivity contribution in [1.29, 1.82) is 0 Å². The molecule has 3 nitrogen and oxygen atoms in total. The van der Waals surface area contributed by atoms with Crippen LogP contribution in [0.25, 0.3) is 0 Å². The van der Waals surface area contributed by atoms with E-state index in [0.29, 0.717) is 6.42 Å². The van der Waals surface area contributed by atoms with E-state index in [1.165, 1.54) is 0 Å². The monoisotopic (exact) mass is 361 g/mol. The van der Waals surface area contributed by atoms with Crippen molar-refractivity contribution in [3.63, 3.8) is 0 Å². The Morgan fingerprint density at radius 2 is 1.95 bits per heavy atom. The summed E-state index contributed by atoms with van der Waals surface area (Å²) in [5, 5.41) is 9.78. The minimum absolute atomic E-state index is 0.355. The van der Waals surface area contributed by atoms with Crippen LogP contribution in [0.1, 0.15) is 46.6 Å². The number of aliphatic hydroxyl groups excluding tert-OH is 1. The molecule has 0 amide bonds. The van der Waals surface area contributed by atoms with E-state index in [-0.39, 0.29) is 4.75 Å². The van der Waals surface area contributed by atoms with E-state index < -0.39 is 22.6 Å². The molecule has 0 aliphatic heterocycles. The zero-order valence-electron chi connectivity index (χ0n) is 12.7. The Balaban J connectivity index is 3.13. The van der Waals surface area contributed by atoms with Crippen molar-refractivity contribution in [2.24, 2.45) is 0 Å². The number of nitrogens with one attached hydrogen (secondary N) is 1. The summed E-state index contributed by atoms with van der Waals surface area (Å²) in [5.41, 5.74) is 0.459. The van der Waals surface area contributed by atoms with E-state index in [1.807, 2.05) is 52.0 Å². The smallest absolute Gasteiger partial charge is 0.0978 e. The van der Waals surface area contributed by atoms with Gasteiger partial charge in [0, 0.05) is 4.47 Å². The van der Waals surface area contributed by atoms with E-state index in [9.17, 15) is 9.32 Å². The summed E-state index contributed by atoms with van der Waals surface area (Å²) in [6, 6.07) is 7.88. The van der Waals surface area contributed by atoms with Crippen molar-refractivity contribution in [3.05, 3.63) is 34.3 Å². The van der Waals surface area contributed by atoms with E-state index >= 15 is 0 Å². The quantitative estimate of drug-likeness (QED) is 0.843. The van der Waals surface area contributed by atoms with Crippen LogP contribution in [0, 0.1) is 0 Å². The maximum atomic E-state index is 12.4. The molecule has 0 fully saturated rings. The Bertz CT molecular complexity index is 485. The van der Waals surface area contributed by atoms with E-state index in [0.717, 1.165) is 10.0 Å². The molecule has 0 radical (unpaired) electrons. The molecule has 0 aromatic heterocycles. The fraction of sp³-hybridized carbons (Fsp3) is 0.600. The van der Waals surface area contributed by atoms with E-state index in [4.69, 9.17) is 0 Å². The van der Waals surface area contributed by atoms with Crippen LogP contribution in [-0.2, 0) is 16.5 Å². The molecule has 5 heteroatoms. The standard InChI is InChI=1S/C15H24BrNO2S/c1-11(18)10-15(5,17-20(19)14(2,3)4)12-7-6-8-13(16)9-12/h6-9,11,17-18H,10H2,1-5H3. The van der Waals surface area contributed by atoms with Crippen molar-refractivity contribution in [1.82, 2.24) is 4.72 Å². The van der Waals surface area contributed by atoms with Crippen molar-refractivity contribution < 1.29 is 9.32 Å². The average Bonchev–Trinajstić information content (AvgIpc) is 2.26. The molecule has 1 rings (SSSR count). The van der Waals surface area contributed by atoms with Gasteiger partial charge in [0.1, 0.15) is 0 Å². The largest absolute Gasteiger partial charge is 0.393 e. The molecule has 1 aromatic rings. The number of hydrogen-bond acceptors (Lipinski definition) is 2. The van der Waals surface area contributed by atoms with Crippen molar-refractivity contribution in [3.8, 4) is 0 Å². The summed E-state index contributed by atoms with van der Waals surface area (Å²) in [5.74, 6) is 0. The van der Waals surface area contributed by atoms with Gasteiger partial charge in [0.05, 0.1) is 27.4 Å². The molecule has 0 spiro atoms. The third kappa shape index (κ3) is 4.95. The lowest BCUT2D eigenvalue weighted by atomic mass is 9.88. The number of halogens is 1. The van der Waals surface area contributed by atoms with Gasteiger partial charge in [-0.3, -0.25) is 0 Å². The van der Waals surface area contributed by atoms with Crippen molar-refractivity contribution in [2.45, 2.75) is 57.4 Å². The van der Waals surface area contributed by atoms with E-state index in [2.05, 4.69) is 20.7 Å². The van der Waals surface area contributed by atoms with Gasteiger partial charge in [-0.25, -0.2) is 8.93 Å². The predicted octanol–water partition coefficient (Wildman–Crippen LogP) is 3.49. The Hall–Kier alpha value is -0.230. The van der Waals surface area contributed by atoms with Crippen LogP contribution in [0.15, 0.2) is 28.7 Å². The minimum atomic E-state index is -1.21. The van der Waals surface area contributed by atoms with Crippen molar-refractivity contribution in [2.75, 3.05) is 0 Å². The summed E-state index contributed by atoms with van der Waals surface area (Å²) >= 11 is 3.46. The molecule has 0 saturated carbocycles. The normalized spacial score (nSPS) is 18.4. The first-order valence-corrected chi connectivity index (χ1v) is 8.63. The van der Waals surface area contributed by atoms with Gasteiger partial charge in [-0.2, -0.15) is 0 Å². The first-order chi connectivity index (χ1) is 9.04. The number of hydrogen-bond donors (Lipinski definition) is 2. The highest BCUT2D eigenvalue weighted by Crippen LogP contribution is 2.30. The van der Waals surface area contributed by atoms with Crippen LogP contribution >= 0.6 is 15.9 Å². The number of rotatable bonds is 5. The van der Waals surface area contributed by atoms with Crippen LogP contribution in [-0.4, -0.2) is 20.2 Å². The summed E-state index contributed by atoms with van der Waals surface area (Å²) < 4.78 is 16.2. The Morgan fingerprint density at radius 3 is 2.40 bits per heavy atom. The highest BCUT2D eigenvalue weighted by molar-refractivity contribution is 9.10. The molecule has 0 aliphatic rings. The molecule has 0 saturated heterocycles. The summed E-state index contributed by atoms with van der Waals surface area (Å²) in [4.78, 5) is 0. The molecule has 1 aromatic carbocycles. The second-order valence-electron chi connectivity index (χ2n) is 6.38. The molecule has 0 heterocycles. The maximum absolute atomic E-state index is 12.4. The third-order valence-electron chi connectivity index (χ3n) is 3.04. The van der Waals surface area contributed by atoms with Crippen LogP contribution in [0.5, 0.6) is 0 Å². The molecule has 3 atom stereocenters. The lowest BCUT2D eigenvalue weighted by Crippen LogP contribution is -2.47. The fourth-order valence-corrected chi connectivity index (χ4v) is 3.31. The van der Waals surface area contributed by atoms with Gasteiger partial charge in [0.2, 0.25) is 0 Å². The lowest BCUT2D eigenvalue weighted by molar-refractivity contribution is 0.148. The number of aliphatic hydroxyl groups is 1. The van der Waals surface area contributed by atoms with Gasteiger partial charge in [0.15, 0.2) is 0 Å². The first-order valence-electron chi connectivity index (χ1n) is 6.68.